The van der Waals surface area contributed by atoms with Crippen molar-refractivity contribution >= 4 is 23.4 Å². The second kappa shape index (κ2) is 7.96. The number of carbonyl (C=O) groups excluding carboxylic acids is 1. The van der Waals surface area contributed by atoms with E-state index in [2.05, 4.69) is 32.2 Å². The second-order valence-electron chi connectivity index (χ2n) is 6.84. The third kappa shape index (κ3) is 4.39. The maximum atomic E-state index is 12.4. The highest BCUT2D eigenvalue weighted by Crippen LogP contribution is 2.40. The van der Waals surface area contributed by atoms with Gasteiger partial charge in [-0.05, 0) is 37.0 Å². The first kappa shape index (κ1) is 17.8. The van der Waals surface area contributed by atoms with Crippen LogP contribution in [0.25, 0.3) is 0 Å². The molecule has 1 aromatic heterocycles. The van der Waals surface area contributed by atoms with Crippen LogP contribution in [0.1, 0.15) is 35.7 Å². The van der Waals surface area contributed by atoms with Gasteiger partial charge in [-0.15, -0.1) is 10.2 Å². The number of hydrogen-bond donors (Lipinski definition) is 1. The summed E-state index contributed by atoms with van der Waals surface area (Å²) >= 11 is 1.44. The number of amides is 1. The fourth-order valence-electron chi connectivity index (χ4n) is 2.99. The van der Waals surface area contributed by atoms with E-state index in [-0.39, 0.29) is 5.91 Å². The van der Waals surface area contributed by atoms with Gasteiger partial charge >= 0.3 is 0 Å². The number of aryl methyl sites for hydroxylation is 1. The summed E-state index contributed by atoms with van der Waals surface area (Å²) in [4.78, 5) is 12.4. The fraction of sp³-hybridized carbons (Fsp3) is 0.286. The first-order chi connectivity index (χ1) is 13.2. The van der Waals surface area contributed by atoms with Crippen LogP contribution >= 0.6 is 11.8 Å². The smallest absolute Gasteiger partial charge is 0.234 e. The van der Waals surface area contributed by atoms with Gasteiger partial charge < -0.3 is 9.88 Å². The molecule has 1 heterocycles. The summed E-state index contributed by atoms with van der Waals surface area (Å²) in [5.41, 5.74) is 3.12. The third-order valence-electron chi connectivity index (χ3n) is 4.62. The zero-order chi connectivity index (χ0) is 18.6. The number of carbonyl (C=O) groups is 1. The minimum absolute atomic E-state index is 0.0310. The first-order valence-corrected chi connectivity index (χ1v) is 10.1. The number of nitrogens with one attached hydrogen (secondary N) is 1. The Hall–Kier alpha value is -2.60. The molecular formula is C21H22N4OS. The lowest BCUT2D eigenvalue weighted by atomic mass is 10.2. The molecule has 0 bridgehead atoms. The van der Waals surface area contributed by atoms with Crippen LogP contribution in [-0.2, 0) is 11.3 Å². The molecule has 27 heavy (non-hydrogen) atoms. The molecule has 1 N–H and O–H groups in total. The molecule has 0 saturated heterocycles. The zero-order valence-electron chi connectivity index (χ0n) is 15.3. The molecule has 0 aliphatic heterocycles. The van der Waals surface area contributed by atoms with Gasteiger partial charge in [0.1, 0.15) is 5.82 Å². The SMILES string of the molecule is Cc1ccccc1NC(=O)CSc1nnc(C2CC2)n1Cc1ccccc1. The highest BCUT2D eigenvalue weighted by atomic mass is 32.2. The molecule has 1 aliphatic rings. The Labute approximate surface area is 163 Å². The summed E-state index contributed by atoms with van der Waals surface area (Å²) in [6, 6.07) is 18.1. The van der Waals surface area contributed by atoms with Crippen LogP contribution in [-0.4, -0.2) is 26.4 Å². The van der Waals surface area contributed by atoms with Crippen molar-refractivity contribution in [3.63, 3.8) is 0 Å². The molecule has 1 fully saturated rings. The molecule has 1 amide bonds. The molecule has 0 unspecified atom stereocenters. The number of benzene rings is 2. The van der Waals surface area contributed by atoms with Crippen molar-refractivity contribution in [2.24, 2.45) is 0 Å². The molecule has 1 aliphatic carbocycles. The van der Waals surface area contributed by atoms with E-state index in [1.54, 1.807) is 0 Å². The quantitative estimate of drug-likeness (QED) is 0.625. The molecular weight excluding hydrogens is 356 g/mol. The lowest BCUT2D eigenvalue weighted by Crippen LogP contribution is -2.15. The summed E-state index contributed by atoms with van der Waals surface area (Å²) in [7, 11) is 0. The Balaban J connectivity index is 1.45. The van der Waals surface area contributed by atoms with Crippen LogP contribution in [0.3, 0.4) is 0 Å². The predicted molar refractivity (Wildman–Crippen MR) is 108 cm³/mol. The van der Waals surface area contributed by atoms with Crippen LogP contribution in [0.15, 0.2) is 59.8 Å². The van der Waals surface area contributed by atoms with Gasteiger partial charge in [0.2, 0.25) is 5.91 Å². The average Bonchev–Trinajstić information content (AvgIpc) is 3.45. The third-order valence-corrected chi connectivity index (χ3v) is 5.59. The Kier molecular flexibility index (Phi) is 5.25. The number of hydrogen-bond acceptors (Lipinski definition) is 4. The Morgan fingerprint density at radius 2 is 1.85 bits per heavy atom. The number of rotatable bonds is 7. The van der Waals surface area contributed by atoms with Crippen molar-refractivity contribution in [2.45, 2.75) is 37.4 Å². The molecule has 2 aromatic carbocycles. The lowest BCUT2D eigenvalue weighted by Gasteiger charge is -2.11. The van der Waals surface area contributed by atoms with E-state index in [0.29, 0.717) is 11.7 Å². The summed E-state index contributed by atoms with van der Waals surface area (Å²) in [6.07, 6.45) is 2.34. The van der Waals surface area contributed by atoms with Crippen LogP contribution in [0.2, 0.25) is 0 Å². The molecule has 0 radical (unpaired) electrons. The number of anilines is 1. The van der Waals surface area contributed by atoms with Gasteiger partial charge in [0, 0.05) is 11.6 Å². The second-order valence-corrected chi connectivity index (χ2v) is 7.78. The van der Waals surface area contributed by atoms with E-state index in [1.165, 1.54) is 30.2 Å². The van der Waals surface area contributed by atoms with Crippen LogP contribution in [0.4, 0.5) is 5.69 Å². The maximum Gasteiger partial charge on any atom is 0.234 e. The van der Waals surface area contributed by atoms with Crippen molar-refractivity contribution in [3.8, 4) is 0 Å². The van der Waals surface area contributed by atoms with E-state index >= 15 is 0 Å². The van der Waals surface area contributed by atoms with Crippen LogP contribution in [0, 0.1) is 6.92 Å². The fourth-order valence-corrected chi connectivity index (χ4v) is 3.74. The Morgan fingerprint density at radius 1 is 1.11 bits per heavy atom. The maximum absolute atomic E-state index is 12.4. The first-order valence-electron chi connectivity index (χ1n) is 9.16. The number of thioether (sulfide) groups is 1. The van der Waals surface area contributed by atoms with Crippen LogP contribution in [0.5, 0.6) is 0 Å². The predicted octanol–water partition coefficient (Wildman–Crippen LogP) is 4.24. The highest BCUT2D eigenvalue weighted by Gasteiger charge is 2.30. The van der Waals surface area contributed by atoms with Gasteiger partial charge in [-0.1, -0.05) is 60.3 Å². The summed E-state index contributed by atoms with van der Waals surface area (Å²) in [5, 5.41) is 12.6. The molecule has 3 aromatic rings. The summed E-state index contributed by atoms with van der Waals surface area (Å²) < 4.78 is 2.17. The van der Waals surface area contributed by atoms with Gasteiger partial charge in [-0.25, -0.2) is 0 Å². The Bertz CT molecular complexity index is 934. The van der Waals surface area contributed by atoms with Gasteiger partial charge in [0.15, 0.2) is 5.16 Å². The van der Waals surface area contributed by atoms with Gasteiger partial charge in [0.25, 0.3) is 0 Å². The molecule has 1 saturated carbocycles. The van der Waals surface area contributed by atoms with Crippen molar-refractivity contribution in [1.29, 1.82) is 0 Å². The minimum atomic E-state index is -0.0310. The molecule has 4 rings (SSSR count). The molecule has 6 heteroatoms. The largest absolute Gasteiger partial charge is 0.325 e. The molecule has 0 spiro atoms. The zero-order valence-corrected chi connectivity index (χ0v) is 16.1. The number of nitrogens with zero attached hydrogens (tertiary/aromatic N) is 3. The average molecular weight is 379 g/mol. The van der Waals surface area contributed by atoms with Gasteiger partial charge in [-0.2, -0.15) is 0 Å². The van der Waals surface area contributed by atoms with E-state index in [0.717, 1.165) is 28.8 Å². The van der Waals surface area contributed by atoms with Crippen LogP contribution < -0.4 is 5.32 Å². The van der Waals surface area contributed by atoms with E-state index in [9.17, 15) is 4.79 Å². The van der Waals surface area contributed by atoms with Crippen molar-refractivity contribution in [3.05, 3.63) is 71.5 Å². The standard InChI is InChI=1S/C21H22N4OS/c1-15-7-5-6-10-18(15)22-19(26)14-27-21-24-23-20(17-11-12-17)25(21)13-16-8-3-2-4-9-16/h2-10,17H,11-14H2,1H3,(H,22,26). The van der Waals surface area contributed by atoms with Crippen molar-refractivity contribution in [2.75, 3.05) is 11.1 Å². The molecule has 0 atom stereocenters. The summed E-state index contributed by atoms with van der Waals surface area (Å²) in [6.45, 7) is 2.72. The van der Waals surface area contributed by atoms with E-state index in [4.69, 9.17) is 0 Å². The number of aromatic nitrogens is 3. The number of para-hydroxylation sites is 1. The van der Waals surface area contributed by atoms with Crippen molar-refractivity contribution < 1.29 is 4.79 Å². The highest BCUT2D eigenvalue weighted by molar-refractivity contribution is 7.99. The normalized spacial score (nSPS) is 13.5. The van der Waals surface area contributed by atoms with Gasteiger partial charge in [0.05, 0.1) is 12.3 Å². The monoisotopic (exact) mass is 378 g/mol. The topological polar surface area (TPSA) is 59.8 Å². The van der Waals surface area contributed by atoms with E-state index in [1.807, 2.05) is 49.4 Å². The molecule has 138 valence electrons. The minimum Gasteiger partial charge on any atom is -0.325 e. The molecule has 5 nitrogen and oxygen atoms in total. The van der Waals surface area contributed by atoms with Gasteiger partial charge in [-0.3, -0.25) is 4.79 Å². The van der Waals surface area contributed by atoms with Crippen molar-refractivity contribution in [1.82, 2.24) is 14.8 Å². The Morgan fingerprint density at radius 3 is 2.59 bits per heavy atom. The summed E-state index contributed by atoms with van der Waals surface area (Å²) in [5.74, 6) is 1.83. The lowest BCUT2D eigenvalue weighted by molar-refractivity contribution is -0.113. The van der Waals surface area contributed by atoms with E-state index < -0.39 is 0 Å².